The second-order valence-corrected chi connectivity index (χ2v) is 4.08. The van der Waals surface area contributed by atoms with Crippen LogP contribution in [0.15, 0.2) is 18.2 Å². The lowest BCUT2D eigenvalue weighted by Crippen LogP contribution is -2.11. The fraction of sp³-hybridized carbons (Fsp3) is 0.500. The first-order valence-electron chi connectivity index (χ1n) is 5.97. The molecule has 0 fully saturated rings. The molecule has 0 amide bonds. The van der Waals surface area contributed by atoms with Crippen molar-refractivity contribution in [2.24, 2.45) is 5.92 Å². The Balaban J connectivity index is 2.99. The van der Waals surface area contributed by atoms with Crippen molar-refractivity contribution in [2.45, 2.75) is 25.9 Å². The maximum atomic E-state index is 10.2. The lowest BCUT2D eigenvalue weighted by molar-refractivity contribution is 0.129. The molecular formula is C14H19NO3. The zero-order valence-electron chi connectivity index (χ0n) is 11.0. The lowest BCUT2D eigenvalue weighted by atomic mass is 9.93. The van der Waals surface area contributed by atoms with Crippen LogP contribution in [0, 0.1) is 17.2 Å². The molecule has 0 heterocycles. The minimum absolute atomic E-state index is 0.395. The quantitative estimate of drug-likeness (QED) is 0.842. The van der Waals surface area contributed by atoms with E-state index in [4.69, 9.17) is 14.7 Å². The van der Waals surface area contributed by atoms with Crippen LogP contribution in [-0.4, -0.2) is 19.3 Å². The number of ether oxygens (including phenoxy) is 2. The normalized spacial score (nSPS) is 13.5. The molecule has 1 aromatic rings. The Kier molecular flexibility index (Phi) is 5.47. The van der Waals surface area contributed by atoms with Gasteiger partial charge < -0.3 is 14.6 Å². The van der Waals surface area contributed by atoms with Crippen molar-refractivity contribution in [3.8, 4) is 17.6 Å². The summed E-state index contributed by atoms with van der Waals surface area (Å²) in [6.45, 7) is 1.99. The van der Waals surface area contributed by atoms with Crippen molar-refractivity contribution in [3.63, 3.8) is 0 Å². The third kappa shape index (κ3) is 3.14. The summed E-state index contributed by atoms with van der Waals surface area (Å²) in [5, 5.41) is 19.2. The summed E-state index contributed by atoms with van der Waals surface area (Å²) < 4.78 is 10.3. The summed E-state index contributed by atoms with van der Waals surface area (Å²) >= 11 is 0. The first kappa shape index (κ1) is 14.3. The van der Waals surface area contributed by atoms with Gasteiger partial charge in [-0.25, -0.2) is 0 Å². The molecule has 1 aromatic carbocycles. The third-order valence-electron chi connectivity index (χ3n) is 2.90. The molecule has 0 aliphatic carbocycles. The Bertz CT molecular complexity index is 426. The van der Waals surface area contributed by atoms with E-state index in [2.05, 4.69) is 6.07 Å². The van der Waals surface area contributed by atoms with E-state index in [9.17, 15) is 5.11 Å². The van der Waals surface area contributed by atoms with Crippen molar-refractivity contribution in [2.75, 3.05) is 14.2 Å². The van der Waals surface area contributed by atoms with Crippen molar-refractivity contribution in [1.82, 2.24) is 0 Å². The molecule has 0 aromatic heterocycles. The summed E-state index contributed by atoms with van der Waals surface area (Å²) in [4.78, 5) is 0. The average Bonchev–Trinajstić information content (AvgIpc) is 2.43. The highest BCUT2D eigenvalue weighted by Crippen LogP contribution is 2.33. The van der Waals surface area contributed by atoms with Gasteiger partial charge in [-0.3, -0.25) is 0 Å². The summed E-state index contributed by atoms with van der Waals surface area (Å²) in [5.74, 6) is 0.771. The fourth-order valence-electron chi connectivity index (χ4n) is 1.87. The maximum Gasteiger partial charge on any atom is 0.161 e. The second kappa shape index (κ2) is 6.87. The van der Waals surface area contributed by atoms with E-state index in [1.165, 1.54) is 0 Å². The second-order valence-electron chi connectivity index (χ2n) is 4.08. The van der Waals surface area contributed by atoms with Gasteiger partial charge in [0.25, 0.3) is 0 Å². The van der Waals surface area contributed by atoms with E-state index in [0.717, 1.165) is 6.42 Å². The Labute approximate surface area is 108 Å². The lowest BCUT2D eigenvalue weighted by Gasteiger charge is -2.18. The standard InChI is InChI=1S/C14H19NO3/c1-4-5-11(9-15)14(16)10-6-7-12(17-2)13(8-10)18-3/h6-8,11,14,16H,4-5H2,1-3H3. The van der Waals surface area contributed by atoms with Crippen LogP contribution < -0.4 is 9.47 Å². The minimum Gasteiger partial charge on any atom is -0.493 e. The average molecular weight is 249 g/mol. The molecule has 0 saturated heterocycles. The molecule has 2 atom stereocenters. The van der Waals surface area contributed by atoms with Gasteiger partial charge in [-0.1, -0.05) is 19.4 Å². The first-order valence-corrected chi connectivity index (χ1v) is 5.97. The van der Waals surface area contributed by atoms with Gasteiger partial charge in [0.15, 0.2) is 11.5 Å². The molecule has 4 nitrogen and oxygen atoms in total. The van der Waals surface area contributed by atoms with Crippen LogP contribution in [0.5, 0.6) is 11.5 Å². The number of hydrogen-bond acceptors (Lipinski definition) is 4. The molecular weight excluding hydrogens is 230 g/mol. The molecule has 0 bridgehead atoms. The molecule has 1 rings (SSSR count). The van der Waals surface area contributed by atoms with E-state index in [1.54, 1.807) is 32.4 Å². The van der Waals surface area contributed by atoms with Crippen molar-refractivity contribution in [3.05, 3.63) is 23.8 Å². The number of nitriles is 1. The molecule has 0 aliphatic rings. The number of benzene rings is 1. The van der Waals surface area contributed by atoms with Gasteiger partial charge in [-0.05, 0) is 24.1 Å². The van der Waals surface area contributed by atoms with Crippen LogP contribution in [0.4, 0.5) is 0 Å². The molecule has 0 saturated carbocycles. The number of aliphatic hydroxyl groups excluding tert-OH is 1. The van der Waals surface area contributed by atoms with Crippen molar-refractivity contribution < 1.29 is 14.6 Å². The summed E-state index contributed by atoms with van der Waals surface area (Å²) in [7, 11) is 3.10. The SMILES string of the molecule is CCCC(C#N)C(O)c1ccc(OC)c(OC)c1. The molecule has 2 unspecified atom stereocenters. The van der Waals surface area contributed by atoms with Crippen LogP contribution >= 0.6 is 0 Å². The topological polar surface area (TPSA) is 62.5 Å². The predicted octanol–water partition coefficient (Wildman–Crippen LogP) is 2.68. The molecule has 0 spiro atoms. The Morgan fingerprint density at radius 1 is 1.28 bits per heavy atom. The van der Waals surface area contributed by atoms with Gasteiger partial charge in [-0.2, -0.15) is 5.26 Å². The molecule has 1 N–H and O–H groups in total. The number of aliphatic hydroxyl groups is 1. The molecule has 4 heteroatoms. The number of rotatable bonds is 6. The predicted molar refractivity (Wildman–Crippen MR) is 68.5 cm³/mol. The number of methoxy groups -OCH3 is 2. The zero-order valence-corrected chi connectivity index (χ0v) is 11.0. The smallest absolute Gasteiger partial charge is 0.161 e. The Morgan fingerprint density at radius 3 is 2.44 bits per heavy atom. The van der Waals surface area contributed by atoms with Gasteiger partial charge in [0.1, 0.15) is 0 Å². The van der Waals surface area contributed by atoms with Gasteiger partial charge >= 0.3 is 0 Å². The summed E-state index contributed by atoms with van der Waals surface area (Å²) in [6.07, 6.45) is 0.740. The van der Waals surface area contributed by atoms with Crippen LogP contribution in [-0.2, 0) is 0 Å². The first-order chi connectivity index (χ1) is 8.67. The Hall–Kier alpha value is -1.73. The van der Waals surface area contributed by atoms with Crippen LogP contribution in [0.25, 0.3) is 0 Å². The highest BCUT2D eigenvalue weighted by Gasteiger charge is 2.21. The number of nitrogens with zero attached hydrogens (tertiary/aromatic N) is 1. The molecule has 0 aliphatic heterocycles. The third-order valence-corrected chi connectivity index (χ3v) is 2.90. The van der Waals surface area contributed by atoms with E-state index in [-0.39, 0.29) is 0 Å². The van der Waals surface area contributed by atoms with Crippen molar-refractivity contribution in [1.29, 1.82) is 5.26 Å². The maximum absolute atomic E-state index is 10.2. The van der Waals surface area contributed by atoms with Gasteiger partial charge in [0.05, 0.1) is 32.3 Å². The van der Waals surface area contributed by atoms with Gasteiger partial charge in [0.2, 0.25) is 0 Å². The fourth-order valence-corrected chi connectivity index (χ4v) is 1.87. The monoisotopic (exact) mass is 249 g/mol. The largest absolute Gasteiger partial charge is 0.493 e. The van der Waals surface area contributed by atoms with Gasteiger partial charge in [-0.15, -0.1) is 0 Å². The van der Waals surface area contributed by atoms with Crippen LogP contribution in [0.3, 0.4) is 0 Å². The highest BCUT2D eigenvalue weighted by atomic mass is 16.5. The number of hydrogen-bond donors (Lipinski definition) is 1. The molecule has 0 radical (unpaired) electrons. The minimum atomic E-state index is -0.797. The summed E-state index contributed by atoms with van der Waals surface area (Å²) in [5.41, 5.74) is 0.674. The van der Waals surface area contributed by atoms with E-state index >= 15 is 0 Å². The van der Waals surface area contributed by atoms with E-state index < -0.39 is 12.0 Å². The molecule has 98 valence electrons. The van der Waals surface area contributed by atoms with Crippen LogP contribution in [0.2, 0.25) is 0 Å². The van der Waals surface area contributed by atoms with E-state index in [0.29, 0.717) is 23.5 Å². The highest BCUT2D eigenvalue weighted by molar-refractivity contribution is 5.43. The van der Waals surface area contributed by atoms with E-state index in [1.807, 2.05) is 6.92 Å². The molecule has 18 heavy (non-hydrogen) atoms. The van der Waals surface area contributed by atoms with Crippen LogP contribution in [0.1, 0.15) is 31.4 Å². The van der Waals surface area contributed by atoms with Crippen molar-refractivity contribution >= 4 is 0 Å². The van der Waals surface area contributed by atoms with Gasteiger partial charge in [0, 0.05) is 0 Å². The summed E-state index contributed by atoms with van der Waals surface area (Å²) in [6, 6.07) is 7.35. The Morgan fingerprint density at radius 2 is 1.94 bits per heavy atom. The zero-order chi connectivity index (χ0) is 13.5.